The SMILES string of the molecule is CSC(C#N)c1cccn1C. The molecule has 0 amide bonds. The molecule has 11 heavy (non-hydrogen) atoms. The van der Waals surface area contributed by atoms with Gasteiger partial charge in [-0.3, -0.25) is 0 Å². The molecular formula is C8H10N2S. The van der Waals surface area contributed by atoms with Crippen molar-refractivity contribution in [3.05, 3.63) is 24.0 Å². The van der Waals surface area contributed by atoms with Crippen molar-refractivity contribution < 1.29 is 0 Å². The van der Waals surface area contributed by atoms with Crippen LogP contribution in [0.1, 0.15) is 10.9 Å². The van der Waals surface area contributed by atoms with E-state index in [1.165, 1.54) is 0 Å². The van der Waals surface area contributed by atoms with Crippen LogP contribution in [-0.4, -0.2) is 10.8 Å². The summed E-state index contributed by atoms with van der Waals surface area (Å²) in [5.41, 5.74) is 1.07. The monoisotopic (exact) mass is 166 g/mol. The third-order valence-electron chi connectivity index (χ3n) is 1.61. The highest BCUT2D eigenvalue weighted by Gasteiger charge is 2.10. The molecule has 3 heteroatoms. The Morgan fingerprint density at radius 1 is 1.73 bits per heavy atom. The van der Waals surface area contributed by atoms with Crippen molar-refractivity contribution in [2.45, 2.75) is 5.25 Å². The minimum Gasteiger partial charge on any atom is -0.353 e. The minimum absolute atomic E-state index is 0.0324. The van der Waals surface area contributed by atoms with Crippen molar-refractivity contribution in [3.8, 4) is 6.07 Å². The van der Waals surface area contributed by atoms with Crippen molar-refractivity contribution in [1.29, 1.82) is 5.26 Å². The highest BCUT2D eigenvalue weighted by atomic mass is 32.2. The van der Waals surface area contributed by atoms with Crippen LogP contribution in [0.5, 0.6) is 0 Å². The summed E-state index contributed by atoms with van der Waals surface area (Å²) >= 11 is 1.56. The highest BCUT2D eigenvalue weighted by Crippen LogP contribution is 2.24. The molecule has 1 aromatic rings. The molecule has 0 N–H and O–H groups in total. The summed E-state index contributed by atoms with van der Waals surface area (Å²) in [6.45, 7) is 0. The van der Waals surface area contributed by atoms with Crippen LogP contribution in [0.2, 0.25) is 0 Å². The summed E-state index contributed by atoms with van der Waals surface area (Å²) in [7, 11) is 1.95. The molecule has 0 saturated carbocycles. The second kappa shape index (κ2) is 3.49. The highest BCUT2D eigenvalue weighted by molar-refractivity contribution is 7.99. The first-order valence-corrected chi connectivity index (χ1v) is 4.62. The van der Waals surface area contributed by atoms with E-state index in [2.05, 4.69) is 6.07 Å². The quantitative estimate of drug-likeness (QED) is 0.672. The van der Waals surface area contributed by atoms with Gasteiger partial charge in [-0.05, 0) is 18.4 Å². The second-order valence-corrected chi connectivity index (χ2v) is 3.23. The first kappa shape index (κ1) is 8.22. The van der Waals surface area contributed by atoms with E-state index in [0.717, 1.165) is 5.69 Å². The average Bonchev–Trinajstić information content (AvgIpc) is 2.40. The molecule has 0 spiro atoms. The van der Waals surface area contributed by atoms with Gasteiger partial charge in [-0.15, -0.1) is 11.8 Å². The Bertz CT molecular complexity index is 272. The molecular weight excluding hydrogens is 156 g/mol. The largest absolute Gasteiger partial charge is 0.353 e. The van der Waals surface area contributed by atoms with Crippen molar-refractivity contribution in [2.75, 3.05) is 6.26 Å². The van der Waals surface area contributed by atoms with Crippen LogP contribution < -0.4 is 0 Å². The van der Waals surface area contributed by atoms with Gasteiger partial charge in [0.2, 0.25) is 0 Å². The number of thioether (sulfide) groups is 1. The van der Waals surface area contributed by atoms with Crippen LogP contribution in [0.25, 0.3) is 0 Å². The maximum absolute atomic E-state index is 8.74. The van der Waals surface area contributed by atoms with Gasteiger partial charge in [0, 0.05) is 18.9 Å². The Morgan fingerprint density at radius 2 is 2.45 bits per heavy atom. The molecule has 0 aromatic carbocycles. The molecule has 1 aromatic heterocycles. The first-order valence-electron chi connectivity index (χ1n) is 3.33. The summed E-state index contributed by atoms with van der Waals surface area (Å²) in [6, 6.07) is 6.17. The van der Waals surface area contributed by atoms with Crippen LogP contribution >= 0.6 is 11.8 Å². The van der Waals surface area contributed by atoms with Gasteiger partial charge in [0.15, 0.2) is 0 Å². The molecule has 2 nitrogen and oxygen atoms in total. The average molecular weight is 166 g/mol. The van der Waals surface area contributed by atoms with Crippen molar-refractivity contribution in [1.82, 2.24) is 4.57 Å². The normalized spacial score (nSPS) is 12.5. The Labute approximate surface area is 70.8 Å². The van der Waals surface area contributed by atoms with Gasteiger partial charge in [-0.1, -0.05) is 0 Å². The van der Waals surface area contributed by atoms with Gasteiger partial charge in [0.1, 0.15) is 5.25 Å². The number of nitrogens with zero attached hydrogens (tertiary/aromatic N) is 2. The lowest BCUT2D eigenvalue weighted by Crippen LogP contribution is -1.97. The molecule has 0 aliphatic carbocycles. The van der Waals surface area contributed by atoms with Gasteiger partial charge in [-0.2, -0.15) is 5.26 Å². The minimum atomic E-state index is -0.0324. The van der Waals surface area contributed by atoms with E-state index < -0.39 is 0 Å². The molecule has 1 heterocycles. The molecule has 0 saturated heterocycles. The summed E-state index contributed by atoms with van der Waals surface area (Å²) in [4.78, 5) is 0. The fourth-order valence-corrected chi connectivity index (χ4v) is 1.58. The molecule has 1 atom stereocenters. The van der Waals surface area contributed by atoms with E-state index in [0.29, 0.717) is 0 Å². The fourth-order valence-electron chi connectivity index (χ4n) is 0.986. The van der Waals surface area contributed by atoms with Gasteiger partial charge >= 0.3 is 0 Å². The number of nitriles is 1. The second-order valence-electron chi connectivity index (χ2n) is 2.29. The van der Waals surface area contributed by atoms with E-state index in [-0.39, 0.29) is 5.25 Å². The predicted octanol–water partition coefficient (Wildman–Crippen LogP) is 1.95. The molecule has 1 unspecified atom stereocenters. The Hall–Kier alpha value is -0.880. The molecule has 58 valence electrons. The lowest BCUT2D eigenvalue weighted by atomic mass is 10.3. The van der Waals surface area contributed by atoms with Crippen molar-refractivity contribution in [3.63, 3.8) is 0 Å². The zero-order valence-electron chi connectivity index (χ0n) is 6.61. The lowest BCUT2D eigenvalue weighted by molar-refractivity contribution is 0.855. The molecule has 0 aliphatic heterocycles. The van der Waals surface area contributed by atoms with Crippen LogP contribution in [0.4, 0.5) is 0 Å². The van der Waals surface area contributed by atoms with E-state index in [4.69, 9.17) is 5.26 Å². The van der Waals surface area contributed by atoms with Gasteiger partial charge in [-0.25, -0.2) is 0 Å². The van der Waals surface area contributed by atoms with Crippen LogP contribution in [0.3, 0.4) is 0 Å². The Balaban J connectivity index is 2.92. The van der Waals surface area contributed by atoms with E-state index in [1.807, 2.05) is 36.2 Å². The Morgan fingerprint density at radius 3 is 2.82 bits per heavy atom. The third kappa shape index (κ3) is 1.58. The van der Waals surface area contributed by atoms with Crippen LogP contribution in [0, 0.1) is 11.3 Å². The fraction of sp³-hybridized carbons (Fsp3) is 0.375. The van der Waals surface area contributed by atoms with Gasteiger partial charge < -0.3 is 4.57 Å². The third-order valence-corrected chi connectivity index (χ3v) is 2.42. The Kier molecular flexibility index (Phi) is 2.61. The number of hydrogen-bond acceptors (Lipinski definition) is 2. The van der Waals surface area contributed by atoms with E-state index >= 15 is 0 Å². The van der Waals surface area contributed by atoms with E-state index in [1.54, 1.807) is 11.8 Å². The molecule has 0 radical (unpaired) electrons. The number of rotatable bonds is 2. The molecule has 0 aliphatic rings. The van der Waals surface area contributed by atoms with Gasteiger partial charge in [0.25, 0.3) is 0 Å². The van der Waals surface area contributed by atoms with Gasteiger partial charge in [0.05, 0.1) is 6.07 Å². The van der Waals surface area contributed by atoms with Crippen molar-refractivity contribution >= 4 is 11.8 Å². The van der Waals surface area contributed by atoms with Crippen LogP contribution in [-0.2, 0) is 7.05 Å². The van der Waals surface area contributed by atoms with Crippen molar-refractivity contribution in [2.24, 2.45) is 7.05 Å². The standard InChI is InChI=1S/C8H10N2S/c1-10-5-3-4-7(10)8(6-9)11-2/h3-5,8H,1-2H3. The predicted molar refractivity (Wildman–Crippen MR) is 47.3 cm³/mol. The van der Waals surface area contributed by atoms with E-state index in [9.17, 15) is 0 Å². The zero-order chi connectivity index (χ0) is 8.27. The molecule has 0 bridgehead atoms. The summed E-state index contributed by atoms with van der Waals surface area (Å²) < 4.78 is 1.98. The molecule has 0 fully saturated rings. The van der Waals surface area contributed by atoms with Crippen LogP contribution in [0.15, 0.2) is 18.3 Å². The topological polar surface area (TPSA) is 28.7 Å². The maximum atomic E-state index is 8.74. The maximum Gasteiger partial charge on any atom is 0.131 e. The smallest absolute Gasteiger partial charge is 0.131 e. The number of aromatic nitrogens is 1. The number of aryl methyl sites for hydroxylation is 1. The summed E-state index contributed by atoms with van der Waals surface area (Å²) in [6.07, 6.45) is 3.90. The lowest BCUT2D eigenvalue weighted by Gasteiger charge is -2.05. The zero-order valence-corrected chi connectivity index (χ0v) is 7.43. The molecule has 1 rings (SSSR count). The summed E-state index contributed by atoms with van der Waals surface area (Å²) in [5.74, 6) is 0. The summed E-state index contributed by atoms with van der Waals surface area (Å²) in [5, 5.41) is 8.71. The first-order chi connectivity index (χ1) is 5.29. The number of hydrogen-bond donors (Lipinski definition) is 0.